The molecule has 7 nitrogen and oxygen atoms in total. The Hall–Kier alpha value is -2.92. The number of aryl methyl sites for hydroxylation is 2. The molecule has 0 spiro atoms. The van der Waals surface area contributed by atoms with Crippen LogP contribution < -0.4 is 9.46 Å². The summed E-state index contributed by atoms with van der Waals surface area (Å²) in [6.07, 6.45) is 0. The molecule has 0 bridgehead atoms. The average Bonchev–Trinajstić information content (AvgIpc) is 2.67. The Bertz CT molecular complexity index is 1080. The number of halogens is 3. The van der Waals surface area contributed by atoms with Gasteiger partial charge in [-0.25, -0.2) is 22.7 Å². The van der Waals surface area contributed by atoms with Gasteiger partial charge in [0.2, 0.25) is 0 Å². The summed E-state index contributed by atoms with van der Waals surface area (Å²) in [5, 5.41) is 0. The molecule has 0 aliphatic rings. The number of benzene rings is 2. The molecule has 0 saturated heterocycles. The molecule has 0 aromatic heterocycles. The Morgan fingerprint density at radius 2 is 1.61 bits per heavy atom. The van der Waals surface area contributed by atoms with E-state index in [0.29, 0.717) is 5.56 Å². The van der Waals surface area contributed by atoms with Crippen molar-refractivity contribution in [2.24, 2.45) is 0 Å². The van der Waals surface area contributed by atoms with E-state index in [-0.39, 0.29) is 11.3 Å². The normalized spacial score (nSPS) is 11.8. The van der Waals surface area contributed by atoms with Gasteiger partial charge in [-0.05, 0) is 67.8 Å². The highest BCUT2D eigenvalue weighted by Crippen LogP contribution is 2.21. The molecule has 0 aliphatic heterocycles. The van der Waals surface area contributed by atoms with E-state index in [9.17, 15) is 31.2 Å². The molecule has 11 heteroatoms. The number of rotatable bonds is 7. The first kappa shape index (κ1) is 24.4. The van der Waals surface area contributed by atoms with Crippen molar-refractivity contribution >= 4 is 22.0 Å². The first-order valence-electron chi connectivity index (χ1n) is 8.95. The Morgan fingerprint density at radius 3 is 2.19 bits per heavy atom. The number of carbonyl (C=O) groups excluding carboxylic acids is 2. The van der Waals surface area contributed by atoms with Crippen LogP contribution in [0.2, 0.25) is 0 Å². The zero-order valence-electron chi connectivity index (χ0n) is 16.9. The maximum atomic E-state index is 12.4. The highest BCUT2D eigenvalue weighted by Gasteiger charge is 2.45. The molecule has 0 fully saturated rings. The number of hydrogen-bond acceptors (Lipinski definition) is 6. The standard InChI is InChI=1S/C20H20F3NO6S/c1-12-10-13(2)14(3)17(11-12)19(26)30-16-6-4-15(5-7-16)18(25)29-9-8-24-31(27,28)20(21,22)23/h4-7,10-11,24H,8-9H2,1-3H3. The number of carbonyl (C=O) groups is 2. The molecule has 1 N–H and O–H groups in total. The highest BCUT2D eigenvalue weighted by molar-refractivity contribution is 7.90. The van der Waals surface area contributed by atoms with Crippen LogP contribution in [0, 0.1) is 20.8 Å². The van der Waals surface area contributed by atoms with Gasteiger partial charge in [-0.2, -0.15) is 13.2 Å². The molecule has 0 atom stereocenters. The maximum Gasteiger partial charge on any atom is 0.511 e. The van der Waals surface area contributed by atoms with Crippen molar-refractivity contribution in [2.45, 2.75) is 26.3 Å². The minimum atomic E-state index is -5.50. The Labute approximate surface area is 177 Å². The van der Waals surface area contributed by atoms with Crippen LogP contribution in [0.1, 0.15) is 37.4 Å². The fourth-order valence-corrected chi connectivity index (χ4v) is 3.07. The van der Waals surface area contributed by atoms with Crippen LogP contribution in [-0.4, -0.2) is 39.0 Å². The highest BCUT2D eigenvalue weighted by atomic mass is 32.2. The Kier molecular flexibility index (Phi) is 7.45. The van der Waals surface area contributed by atoms with Gasteiger partial charge in [0.1, 0.15) is 12.4 Å². The molecule has 31 heavy (non-hydrogen) atoms. The lowest BCUT2D eigenvalue weighted by Gasteiger charge is -2.11. The van der Waals surface area contributed by atoms with Crippen molar-refractivity contribution in [3.63, 3.8) is 0 Å². The van der Waals surface area contributed by atoms with Crippen molar-refractivity contribution in [1.82, 2.24) is 4.72 Å². The second kappa shape index (κ2) is 9.48. The Balaban J connectivity index is 1.93. The maximum absolute atomic E-state index is 12.4. The summed E-state index contributed by atoms with van der Waals surface area (Å²) in [5.74, 6) is -1.26. The number of ether oxygens (including phenoxy) is 2. The first-order valence-corrected chi connectivity index (χ1v) is 10.4. The second-order valence-electron chi connectivity index (χ2n) is 6.65. The molecule has 0 saturated carbocycles. The van der Waals surface area contributed by atoms with Crippen LogP contribution in [0.4, 0.5) is 13.2 Å². The molecular weight excluding hydrogens is 439 g/mol. The first-order chi connectivity index (χ1) is 14.3. The van der Waals surface area contributed by atoms with Crippen LogP contribution >= 0.6 is 0 Å². The molecule has 2 aromatic carbocycles. The largest absolute Gasteiger partial charge is 0.511 e. The van der Waals surface area contributed by atoms with E-state index < -0.39 is 40.6 Å². The van der Waals surface area contributed by atoms with Crippen LogP contribution in [-0.2, 0) is 14.8 Å². The molecule has 0 aliphatic carbocycles. The monoisotopic (exact) mass is 459 g/mol. The van der Waals surface area contributed by atoms with E-state index >= 15 is 0 Å². The van der Waals surface area contributed by atoms with E-state index in [1.807, 2.05) is 19.9 Å². The van der Waals surface area contributed by atoms with Crippen LogP contribution in [0.3, 0.4) is 0 Å². The molecule has 0 unspecified atom stereocenters. The van der Waals surface area contributed by atoms with Crippen molar-refractivity contribution < 1.29 is 40.7 Å². The molecule has 168 valence electrons. The molecular formula is C20H20F3NO6S. The van der Waals surface area contributed by atoms with Gasteiger partial charge in [-0.3, -0.25) is 0 Å². The van der Waals surface area contributed by atoms with Gasteiger partial charge >= 0.3 is 27.5 Å². The molecule has 2 rings (SSSR count). The minimum Gasteiger partial charge on any atom is -0.461 e. The predicted molar refractivity (Wildman–Crippen MR) is 105 cm³/mol. The zero-order chi connectivity index (χ0) is 23.4. The SMILES string of the molecule is Cc1cc(C)c(C)c(C(=O)Oc2ccc(C(=O)OCCNS(=O)(=O)C(F)(F)F)cc2)c1. The molecule has 0 amide bonds. The summed E-state index contributed by atoms with van der Waals surface area (Å²) in [7, 11) is -5.50. The molecule has 0 radical (unpaired) electrons. The summed E-state index contributed by atoms with van der Waals surface area (Å²) in [4.78, 5) is 24.3. The fourth-order valence-electron chi connectivity index (χ4n) is 2.56. The van der Waals surface area contributed by atoms with Crippen molar-refractivity contribution in [3.8, 4) is 5.75 Å². The summed E-state index contributed by atoms with van der Waals surface area (Å²) in [5.41, 5.74) is -2.34. The summed E-state index contributed by atoms with van der Waals surface area (Å²) < 4.78 is 69.6. The van der Waals surface area contributed by atoms with Crippen LogP contribution in [0.5, 0.6) is 5.75 Å². The van der Waals surface area contributed by atoms with Crippen LogP contribution in [0.25, 0.3) is 0 Å². The van der Waals surface area contributed by atoms with Gasteiger partial charge in [-0.1, -0.05) is 6.07 Å². The van der Waals surface area contributed by atoms with E-state index in [1.54, 1.807) is 13.0 Å². The van der Waals surface area contributed by atoms with E-state index in [0.717, 1.165) is 16.7 Å². The number of hydrogen-bond donors (Lipinski definition) is 1. The van der Waals surface area contributed by atoms with Crippen molar-refractivity contribution in [3.05, 3.63) is 64.2 Å². The van der Waals surface area contributed by atoms with Gasteiger partial charge in [0, 0.05) is 6.54 Å². The smallest absolute Gasteiger partial charge is 0.461 e. The molecule has 2 aromatic rings. The fraction of sp³-hybridized carbons (Fsp3) is 0.300. The van der Waals surface area contributed by atoms with Crippen molar-refractivity contribution in [2.75, 3.05) is 13.2 Å². The van der Waals surface area contributed by atoms with E-state index in [4.69, 9.17) is 9.47 Å². The average molecular weight is 459 g/mol. The summed E-state index contributed by atoms with van der Waals surface area (Å²) in [6.45, 7) is 4.21. The topological polar surface area (TPSA) is 98.8 Å². The number of alkyl halides is 3. The summed E-state index contributed by atoms with van der Waals surface area (Å²) in [6, 6.07) is 8.99. The van der Waals surface area contributed by atoms with E-state index in [2.05, 4.69) is 0 Å². The third-order valence-corrected chi connectivity index (χ3v) is 5.46. The van der Waals surface area contributed by atoms with Gasteiger partial charge in [0.05, 0.1) is 11.1 Å². The lowest BCUT2D eigenvalue weighted by molar-refractivity contribution is -0.0448. The number of esters is 2. The zero-order valence-corrected chi connectivity index (χ0v) is 17.7. The quantitative estimate of drug-likeness (QED) is 0.387. The van der Waals surface area contributed by atoms with Gasteiger partial charge in [0.25, 0.3) is 0 Å². The third-order valence-electron chi connectivity index (χ3n) is 4.26. The number of nitrogens with one attached hydrogen (secondary N) is 1. The molecule has 0 heterocycles. The Morgan fingerprint density at radius 1 is 1.00 bits per heavy atom. The van der Waals surface area contributed by atoms with Gasteiger partial charge < -0.3 is 9.47 Å². The number of sulfonamides is 1. The predicted octanol–water partition coefficient (Wildman–Crippen LogP) is 3.43. The lowest BCUT2D eigenvalue weighted by Crippen LogP contribution is -2.38. The lowest BCUT2D eigenvalue weighted by atomic mass is 10.0. The minimum absolute atomic E-state index is 0.0426. The second-order valence-corrected chi connectivity index (χ2v) is 8.41. The third kappa shape index (κ3) is 6.28. The van der Waals surface area contributed by atoms with Gasteiger partial charge in [-0.15, -0.1) is 0 Å². The summed E-state index contributed by atoms with van der Waals surface area (Å²) >= 11 is 0. The van der Waals surface area contributed by atoms with Crippen molar-refractivity contribution in [1.29, 1.82) is 0 Å². The van der Waals surface area contributed by atoms with Gasteiger partial charge in [0.15, 0.2) is 0 Å². The van der Waals surface area contributed by atoms with Crippen LogP contribution in [0.15, 0.2) is 36.4 Å². The van der Waals surface area contributed by atoms with E-state index in [1.165, 1.54) is 29.0 Å².